The number of guanidine groups is 1. The molecule has 1 heterocycles. The monoisotopic (exact) mass is 466 g/mol. The second kappa shape index (κ2) is 13.6. The van der Waals surface area contributed by atoms with Crippen LogP contribution in [0.2, 0.25) is 0 Å². The van der Waals surface area contributed by atoms with Gasteiger partial charge in [0, 0.05) is 45.8 Å². The van der Waals surface area contributed by atoms with Crippen molar-refractivity contribution < 1.29 is 9.53 Å². The Morgan fingerprint density at radius 1 is 1.24 bits per heavy atom. The Balaban J connectivity index is 0.00000312. The van der Waals surface area contributed by atoms with Crippen LogP contribution in [0.25, 0.3) is 0 Å². The highest BCUT2D eigenvalue weighted by Gasteiger charge is 2.18. The smallest absolute Gasteiger partial charge is 0.222 e. The zero-order valence-corrected chi connectivity index (χ0v) is 17.9. The van der Waals surface area contributed by atoms with E-state index in [0.717, 1.165) is 71.0 Å². The number of halogens is 1. The number of likely N-dealkylation sites (tertiary alicyclic amines) is 1. The average Bonchev–Trinajstić information content (AvgIpc) is 3.23. The van der Waals surface area contributed by atoms with Crippen LogP contribution in [0.5, 0.6) is 0 Å². The van der Waals surface area contributed by atoms with Crippen LogP contribution in [0.1, 0.15) is 58.3 Å². The molecule has 1 saturated heterocycles. The molecule has 146 valence electrons. The molecular weight excluding hydrogens is 431 g/mol. The number of hydrogen-bond donors (Lipinski definition) is 2. The summed E-state index contributed by atoms with van der Waals surface area (Å²) in [5, 5.41) is 6.63. The molecule has 2 fully saturated rings. The predicted molar refractivity (Wildman–Crippen MR) is 113 cm³/mol. The molecule has 1 aliphatic carbocycles. The normalized spacial score (nSPS) is 18.5. The molecule has 7 heteroatoms. The summed E-state index contributed by atoms with van der Waals surface area (Å²) < 4.78 is 5.87. The van der Waals surface area contributed by atoms with Crippen molar-refractivity contribution in [2.45, 2.75) is 64.4 Å². The van der Waals surface area contributed by atoms with E-state index in [9.17, 15) is 4.79 Å². The maximum absolute atomic E-state index is 11.6. The van der Waals surface area contributed by atoms with Crippen LogP contribution in [-0.2, 0) is 9.53 Å². The highest BCUT2D eigenvalue weighted by molar-refractivity contribution is 14.0. The number of hydrogen-bond acceptors (Lipinski definition) is 3. The van der Waals surface area contributed by atoms with Gasteiger partial charge in [-0.25, -0.2) is 0 Å². The summed E-state index contributed by atoms with van der Waals surface area (Å²) in [6.07, 6.45) is 9.27. The zero-order chi connectivity index (χ0) is 17.0. The van der Waals surface area contributed by atoms with E-state index in [0.29, 0.717) is 12.0 Å². The lowest BCUT2D eigenvalue weighted by atomic mass is 10.3. The van der Waals surface area contributed by atoms with Crippen molar-refractivity contribution in [2.24, 2.45) is 4.99 Å². The predicted octanol–water partition coefficient (Wildman–Crippen LogP) is 2.52. The number of rotatable bonds is 10. The van der Waals surface area contributed by atoms with E-state index < -0.39 is 0 Å². The minimum Gasteiger partial charge on any atom is -0.378 e. The van der Waals surface area contributed by atoms with E-state index in [2.05, 4.69) is 22.5 Å². The summed E-state index contributed by atoms with van der Waals surface area (Å²) in [7, 11) is 0. The topological polar surface area (TPSA) is 66.0 Å². The molecule has 6 nitrogen and oxygen atoms in total. The van der Waals surface area contributed by atoms with E-state index in [-0.39, 0.29) is 24.0 Å². The first-order valence-corrected chi connectivity index (χ1v) is 9.71. The molecule has 1 amide bonds. The lowest BCUT2D eigenvalue weighted by Gasteiger charge is -2.15. The van der Waals surface area contributed by atoms with E-state index in [1.165, 1.54) is 25.7 Å². The van der Waals surface area contributed by atoms with Crippen molar-refractivity contribution in [1.82, 2.24) is 15.5 Å². The molecule has 25 heavy (non-hydrogen) atoms. The Kier molecular flexibility index (Phi) is 12.2. The Bertz CT molecular complexity index is 401. The average molecular weight is 466 g/mol. The quantitative estimate of drug-likeness (QED) is 0.225. The van der Waals surface area contributed by atoms with Gasteiger partial charge in [0.05, 0.1) is 6.10 Å². The Morgan fingerprint density at radius 2 is 2.04 bits per heavy atom. The number of nitrogens with one attached hydrogen (secondary N) is 2. The van der Waals surface area contributed by atoms with Gasteiger partial charge in [0.2, 0.25) is 5.91 Å². The van der Waals surface area contributed by atoms with Gasteiger partial charge in [-0.3, -0.25) is 9.79 Å². The van der Waals surface area contributed by atoms with Gasteiger partial charge in [-0.1, -0.05) is 12.8 Å². The van der Waals surface area contributed by atoms with E-state index >= 15 is 0 Å². The van der Waals surface area contributed by atoms with Crippen LogP contribution in [0, 0.1) is 0 Å². The van der Waals surface area contributed by atoms with Crippen molar-refractivity contribution in [3.05, 3.63) is 0 Å². The number of aliphatic imine (C=N–C) groups is 1. The van der Waals surface area contributed by atoms with Gasteiger partial charge in [0.1, 0.15) is 0 Å². The first-order chi connectivity index (χ1) is 11.8. The van der Waals surface area contributed by atoms with E-state index in [4.69, 9.17) is 4.74 Å². The van der Waals surface area contributed by atoms with Gasteiger partial charge >= 0.3 is 0 Å². The molecule has 0 unspecified atom stereocenters. The molecule has 0 aromatic rings. The lowest BCUT2D eigenvalue weighted by Crippen LogP contribution is -2.38. The Hall–Kier alpha value is -0.570. The van der Waals surface area contributed by atoms with Crippen LogP contribution >= 0.6 is 24.0 Å². The molecule has 2 rings (SSSR count). The van der Waals surface area contributed by atoms with Crippen LogP contribution < -0.4 is 10.6 Å². The maximum atomic E-state index is 11.6. The van der Waals surface area contributed by atoms with Gasteiger partial charge in [-0.2, -0.15) is 0 Å². The Labute approximate surface area is 169 Å². The molecule has 2 aliphatic rings. The van der Waals surface area contributed by atoms with Crippen LogP contribution in [0.4, 0.5) is 0 Å². The van der Waals surface area contributed by atoms with Crippen molar-refractivity contribution in [3.63, 3.8) is 0 Å². The first-order valence-electron chi connectivity index (χ1n) is 9.71. The molecule has 0 atom stereocenters. The summed E-state index contributed by atoms with van der Waals surface area (Å²) in [6, 6.07) is 0. The fourth-order valence-electron chi connectivity index (χ4n) is 3.32. The van der Waals surface area contributed by atoms with Crippen LogP contribution in [-0.4, -0.2) is 62.2 Å². The molecule has 1 saturated carbocycles. The van der Waals surface area contributed by atoms with Crippen LogP contribution in [0.3, 0.4) is 0 Å². The minimum atomic E-state index is 0. The minimum absolute atomic E-state index is 0. The van der Waals surface area contributed by atoms with Gasteiger partial charge < -0.3 is 20.3 Å². The van der Waals surface area contributed by atoms with Crippen molar-refractivity contribution >= 4 is 35.8 Å². The number of carbonyl (C=O) groups is 1. The SMILES string of the molecule is CCNC(=NCCCN1CCCC1=O)NCCCOC1CCCC1.I. The summed E-state index contributed by atoms with van der Waals surface area (Å²) in [4.78, 5) is 18.1. The summed E-state index contributed by atoms with van der Waals surface area (Å²) in [6.45, 7) is 7.13. The number of carbonyl (C=O) groups excluding carboxylic acids is 1. The zero-order valence-electron chi connectivity index (χ0n) is 15.6. The maximum Gasteiger partial charge on any atom is 0.222 e. The third kappa shape index (κ3) is 9.08. The third-order valence-corrected chi connectivity index (χ3v) is 4.64. The van der Waals surface area contributed by atoms with E-state index in [1.807, 2.05) is 4.90 Å². The van der Waals surface area contributed by atoms with Gasteiger partial charge in [-0.05, 0) is 39.0 Å². The molecular formula is C18H35IN4O2. The summed E-state index contributed by atoms with van der Waals surface area (Å²) in [5.41, 5.74) is 0. The van der Waals surface area contributed by atoms with E-state index in [1.54, 1.807) is 0 Å². The molecule has 0 aromatic heterocycles. The standard InChI is InChI=1S/C18H34N4O2.HI/c1-2-19-18(20-11-6-14-22-13-5-10-17(22)23)21-12-7-15-24-16-8-3-4-9-16;/h16H,2-15H2,1H3,(H2,19,20,21);1H. The summed E-state index contributed by atoms with van der Waals surface area (Å²) >= 11 is 0. The van der Waals surface area contributed by atoms with Crippen molar-refractivity contribution in [2.75, 3.05) is 39.3 Å². The second-order valence-electron chi connectivity index (χ2n) is 6.66. The van der Waals surface area contributed by atoms with Gasteiger partial charge in [0.25, 0.3) is 0 Å². The lowest BCUT2D eigenvalue weighted by molar-refractivity contribution is -0.127. The molecule has 1 aliphatic heterocycles. The summed E-state index contributed by atoms with van der Waals surface area (Å²) in [5.74, 6) is 1.16. The van der Waals surface area contributed by atoms with Gasteiger partial charge in [0.15, 0.2) is 5.96 Å². The highest BCUT2D eigenvalue weighted by atomic mass is 127. The number of nitrogens with zero attached hydrogens (tertiary/aromatic N) is 2. The molecule has 0 bridgehead atoms. The third-order valence-electron chi connectivity index (χ3n) is 4.64. The molecule has 0 radical (unpaired) electrons. The number of amides is 1. The fourth-order valence-corrected chi connectivity index (χ4v) is 3.32. The van der Waals surface area contributed by atoms with Gasteiger partial charge in [-0.15, -0.1) is 24.0 Å². The molecule has 0 aromatic carbocycles. The van der Waals surface area contributed by atoms with Crippen molar-refractivity contribution in [1.29, 1.82) is 0 Å². The first kappa shape index (κ1) is 22.5. The molecule has 2 N–H and O–H groups in total. The Morgan fingerprint density at radius 3 is 2.72 bits per heavy atom. The highest BCUT2D eigenvalue weighted by Crippen LogP contribution is 2.20. The van der Waals surface area contributed by atoms with Crippen LogP contribution in [0.15, 0.2) is 4.99 Å². The second-order valence-corrected chi connectivity index (χ2v) is 6.66. The largest absolute Gasteiger partial charge is 0.378 e. The van der Waals surface area contributed by atoms with Crippen molar-refractivity contribution in [3.8, 4) is 0 Å². The fraction of sp³-hybridized carbons (Fsp3) is 0.889. The number of ether oxygens (including phenoxy) is 1. The molecule has 0 spiro atoms.